The molecule has 1 N–H and O–H groups in total. The highest BCUT2D eigenvalue weighted by Crippen LogP contribution is 2.24. The van der Waals surface area contributed by atoms with E-state index in [0.29, 0.717) is 23.6 Å². The van der Waals surface area contributed by atoms with Crippen LogP contribution in [0.3, 0.4) is 0 Å². The number of hydrogen-bond acceptors (Lipinski definition) is 3. The van der Waals surface area contributed by atoms with Crippen molar-refractivity contribution in [2.75, 3.05) is 20.8 Å². The fourth-order valence-electron chi connectivity index (χ4n) is 1.52. The molecule has 4 heteroatoms. The van der Waals surface area contributed by atoms with Crippen molar-refractivity contribution < 1.29 is 14.3 Å². The molecule has 0 bridgehead atoms. The van der Waals surface area contributed by atoms with E-state index in [1.54, 1.807) is 25.3 Å². The molecule has 1 aromatic rings. The first-order chi connectivity index (χ1) is 8.72. The molecule has 4 nitrogen and oxygen atoms in total. The van der Waals surface area contributed by atoms with Crippen LogP contribution < -0.4 is 14.8 Å². The molecule has 0 unspecified atom stereocenters. The van der Waals surface area contributed by atoms with Crippen molar-refractivity contribution in [1.82, 2.24) is 5.32 Å². The predicted molar refractivity (Wildman–Crippen MR) is 71.3 cm³/mol. The minimum atomic E-state index is -0.140. The molecular weight excluding hydrogens is 230 g/mol. The molecule has 98 valence electrons. The number of nitrogens with one attached hydrogen (secondary N) is 1. The Morgan fingerprint density at radius 2 is 2.11 bits per heavy atom. The number of allylic oxidation sites excluding steroid dienone is 1. The van der Waals surface area contributed by atoms with E-state index in [1.165, 1.54) is 7.11 Å². The summed E-state index contributed by atoms with van der Waals surface area (Å²) in [4.78, 5) is 11.9. The van der Waals surface area contributed by atoms with Gasteiger partial charge in [0, 0.05) is 12.6 Å². The van der Waals surface area contributed by atoms with E-state index in [0.717, 1.165) is 6.42 Å². The van der Waals surface area contributed by atoms with E-state index >= 15 is 0 Å². The van der Waals surface area contributed by atoms with E-state index in [1.807, 2.05) is 19.1 Å². The molecule has 1 amide bonds. The Labute approximate surface area is 108 Å². The second kappa shape index (κ2) is 7.37. The Bertz CT molecular complexity index is 427. The van der Waals surface area contributed by atoms with Crippen LogP contribution in [0.2, 0.25) is 0 Å². The van der Waals surface area contributed by atoms with Crippen molar-refractivity contribution in [2.24, 2.45) is 0 Å². The van der Waals surface area contributed by atoms with Crippen LogP contribution in [0.5, 0.6) is 11.5 Å². The summed E-state index contributed by atoms with van der Waals surface area (Å²) in [5.74, 6) is 1.04. The minimum Gasteiger partial charge on any atom is -0.497 e. The largest absolute Gasteiger partial charge is 0.497 e. The fourth-order valence-corrected chi connectivity index (χ4v) is 1.52. The zero-order valence-electron chi connectivity index (χ0n) is 11.0. The molecule has 0 saturated carbocycles. The summed E-state index contributed by atoms with van der Waals surface area (Å²) in [5.41, 5.74) is 0.513. The monoisotopic (exact) mass is 249 g/mol. The molecule has 1 rings (SSSR count). The molecule has 0 aliphatic carbocycles. The summed E-state index contributed by atoms with van der Waals surface area (Å²) in [7, 11) is 3.11. The van der Waals surface area contributed by atoms with E-state index in [2.05, 4.69) is 5.32 Å². The molecule has 0 spiro atoms. The van der Waals surface area contributed by atoms with Gasteiger partial charge >= 0.3 is 0 Å². The first-order valence-electron chi connectivity index (χ1n) is 5.84. The quantitative estimate of drug-likeness (QED) is 0.622. The molecule has 0 radical (unpaired) electrons. The maximum Gasteiger partial charge on any atom is 0.255 e. The van der Waals surface area contributed by atoms with E-state index in [9.17, 15) is 4.79 Å². The zero-order valence-corrected chi connectivity index (χ0v) is 11.0. The summed E-state index contributed by atoms with van der Waals surface area (Å²) in [6.45, 7) is 2.56. The number of methoxy groups -OCH3 is 2. The number of rotatable bonds is 6. The third-order valence-electron chi connectivity index (χ3n) is 2.49. The molecule has 0 heterocycles. The topological polar surface area (TPSA) is 47.6 Å². The van der Waals surface area contributed by atoms with Crippen molar-refractivity contribution in [3.63, 3.8) is 0 Å². The third kappa shape index (κ3) is 3.80. The van der Waals surface area contributed by atoms with Gasteiger partial charge in [0.25, 0.3) is 5.91 Å². The van der Waals surface area contributed by atoms with Crippen LogP contribution in [0.15, 0.2) is 30.4 Å². The molecule has 0 aliphatic heterocycles. The highest BCUT2D eigenvalue weighted by Gasteiger charge is 2.12. The molecule has 0 saturated heterocycles. The zero-order chi connectivity index (χ0) is 13.4. The van der Waals surface area contributed by atoms with Gasteiger partial charge in [0.1, 0.15) is 11.5 Å². The highest BCUT2D eigenvalue weighted by molar-refractivity contribution is 5.97. The van der Waals surface area contributed by atoms with Gasteiger partial charge in [-0.25, -0.2) is 0 Å². The van der Waals surface area contributed by atoms with Crippen LogP contribution >= 0.6 is 0 Å². The van der Waals surface area contributed by atoms with Crippen molar-refractivity contribution in [1.29, 1.82) is 0 Å². The molecular formula is C14H19NO3. The summed E-state index contributed by atoms with van der Waals surface area (Å²) in [6, 6.07) is 5.13. The van der Waals surface area contributed by atoms with Crippen molar-refractivity contribution in [3.05, 3.63) is 35.9 Å². The van der Waals surface area contributed by atoms with E-state index < -0.39 is 0 Å². The normalized spacial score (nSPS) is 10.4. The van der Waals surface area contributed by atoms with Gasteiger partial charge in [-0.15, -0.1) is 0 Å². The number of carbonyl (C=O) groups is 1. The second-order valence-corrected chi connectivity index (χ2v) is 3.68. The molecule has 0 atom stereocenters. The molecule has 0 aliphatic rings. The predicted octanol–water partition coefficient (Wildman–Crippen LogP) is 2.40. The Hall–Kier alpha value is -1.97. The lowest BCUT2D eigenvalue weighted by atomic mass is 10.1. The summed E-state index contributed by atoms with van der Waals surface area (Å²) >= 11 is 0. The van der Waals surface area contributed by atoms with Crippen LogP contribution in [0, 0.1) is 0 Å². The van der Waals surface area contributed by atoms with Crippen molar-refractivity contribution in [3.8, 4) is 11.5 Å². The molecule has 1 aromatic carbocycles. The lowest BCUT2D eigenvalue weighted by Crippen LogP contribution is -2.24. The smallest absolute Gasteiger partial charge is 0.255 e. The number of carbonyl (C=O) groups excluding carboxylic acids is 1. The first kappa shape index (κ1) is 14.1. The van der Waals surface area contributed by atoms with Crippen molar-refractivity contribution >= 4 is 5.91 Å². The van der Waals surface area contributed by atoms with Gasteiger partial charge < -0.3 is 14.8 Å². The van der Waals surface area contributed by atoms with Gasteiger partial charge in [0.15, 0.2) is 0 Å². The van der Waals surface area contributed by atoms with Crippen LogP contribution in [0.4, 0.5) is 0 Å². The summed E-state index contributed by atoms with van der Waals surface area (Å²) in [6.07, 6.45) is 4.78. The minimum absolute atomic E-state index is 0.140. The Morgan fingerprint density at radius 1 is 1.33 bits per heavy atom. The van der Waals surface area contributed by atoms with Crippen molar-refractivity contribution in [2.45, 2.75) is 13.3 Å². The number of hydrogen-bond donors (Lipinski definition) is 1. The Morgan fingerprint density at radius 3 is 2.72 bits per heavy atom. The van der Waals surface area contributed by atoms with E-state index in [-0.39, 0.29) is 5.91 Å². The van der Waals surface area contributed by atoms with Gasteiger partial charge in [0.2, 0.25) is 0 Å². The van der Waals surface area contributed by atoms with Gasteiger partial charge in [-0.05, 0) is 25.5 Å². The Kier molecular flexibility index (Phi) is 5.77. The van der Waals surface area contributed by atoms with Crippen LogP contribution in [-0.2, 0) is 0 Å². The van der Waals surface area contributed by atoms with E-state index in [4.69, 9.17) is 9.47 Å². The molecule has 0 fully saturated rings. The average Bonchev–Trinajstić information content (AvgIpc) is 2.42. The number of amides is 1. The SMILES string of the molecule is C/C=C/CCNC(=O)c1ccc(OC)cc1OC. The standard InChI is InChI=1S/C14H19NO3/c1-4-5-6-9-15-14(16)12-8-7-11(17-2)10-13(12)18-3/h4-5,7-8,10H,6,9H2,1-3H3,(H,15,16)/b5-4+. The molecule has 0 aromatic heterocycles. The fraction of sp³-hybridized carbons (Fsp3) is 0.357. The van der Waals surface area contributed by atoms with Crippen LogP contribution in [-0.4, -0.2) is 26.7 Å². The lowest BCUT2D eigenvalue weighted by Gasteiger charge is -2.10. The lowest BCUT2D eigenvalue weighted by molar-refractivity contribution is 0.0951. The van der Waals surface area contributed by atoms with Crippen LogP contribution in [0.25, 0.3) is 0 Å². The van der Waals surface area contributed by atoms with Gasteiger partial charge in [-0.3, -0.25) is 4.79 Å². The summed E-state index contributed by atoms with van der Waals surface area (Å²) in [5, 5.41) is 2.83. The maximum atomic E-state index is 11.9. The Balaban J connectivity index is 2.72. The summed E-state index contributed by atoms with van der Waals surface area (Å²) < 4.78 is 10.3. The average molecular weight is 249 g/mol. The first-order valence-corrected chi connectivity index (χ1v) is 5.84. The number of ether oxygens (including phenoxy) is 2. The molecule has 18 heavy (non-hydrogen) atoms. The highest BCUT2D eigenvalue weighted by atomic mass is 16.5. The van der Waals surface area contributed by atoms with Gasteiger partial charge in [-0.1, -0.05) is 12.2 Å². The van der Waals surface area contributed by atoms with Gasteiger partial charge in [-0.2, -0.15) is 0 Å². The van der Waals surface area contributed by atoms with Gasteiger partial charge in [0.05, 0.1) is 19.8 Å². The maximum absolute atomic E-state index is 11.9. The van der Waals surface area contributed by atoms with Crippen LogP contribution in [0.1, 0.15) is 23.7 Å². The number of benzene rings is 1. The third-order valence-corrected chi connectivity index (χ3v) is 2.49. The second-order valence-electron chi connectivity index (χ2n) is 3.68.